The first-order chi connectivity index (χ1) is 8.48. The first kappa shape index (κ1) is 13.0. The highest BCUT2D eigenvalue weighted by Crippen LogP contribution is 2.17. The van der Waals surface area contributed by atoms with E-state index in [1.54, 1.807) is 13.0 Å². The lowest BCUT2D eigenvalue weighted by atomic mass is 10.0. The van der Waals surface area contributed by atoms with Crippen molar-refractivity contribution in [3.8, 4) is 0 Å². The van der Waals surface area contributed by atoms with Crippen molar-refractivity contribution in [1.29, 1.82) is 0 Å². The summed E-state index contributed by atoms with van der Waals surface area (Å²) < 4.78 is 13.2. The quantitative estimate of drug-likeness (QED) is 0.861. The minimum atomic E-state index is -0.370. The summed E-state index contributed by atoms with van der Waals surface area (Å²) in [4.78, 5) is 11.9. The molecule has 98 valence electrons. The van der Waals surface area contributed by atoms with Crippen molar-refractivity contribution in [2.75, 3.05) is 13.1 Å². The van der Waals surface area contributed by atoms with E-state index in [-0.39, 0.29) is 17.3 Å². The van der Waals surface area contributed by atoms with E-state index in [4.69, 9.17) is 0 Å². The zero-order chi connectivity index (χ0) is 13.2. The predicted octanol–water partition coefficient (Wildman–Crippen LogP) is 2.01. The van der Waals surface area contributed by atoms with Gasteiger partial charge in [0.05, 0.1) is 0 Å². The molecule has 0 bridgehead atoms. The van der Waals surface area contributed by atoms with Crippen LogP contribution in [-0.2, 0) is 0 Å². The van der Waals surface area contributed by atoms with Crippen molar-refractivity contribution >= 4 is 5.91 Å². The van der Waals surface area contributed by atoms with E-state index < -0.39 is 0 Å². The van der Waals surface area contributed by atoms with Gasteiger partial charge >= 0.3 is 0 Å². The molecule has 18 heavy (non-hydrogen) atoms. The van der Waals surface area contributed by atoms with E-state index >= 15 is 0 Å². The van der Waals surface area contributed by atoms with Crippen LogP contribution in [0.1, 0.15) is 35.7 Å². The lowest BCUT2D eigenvalue weighted by Crippen LogP contribution is -2.47. The highest BCUT2D eigenvalue weighted by atomic mass is 19.1. The van der Waals surface area contributed by atoms with Gasteiger partial charge in [0, 0.05) is 17.6 Å². The van der Waals surface area contributed by atoms with Crippen molar-refractivity contribution in [2.45, 2.75) is 32.2 Å². The number of carbonyl (C=O) groups is 1. The molecule has 1 amide bonds. The number of hydrogen-bond acceptors (Lipinski definition) is 2. The molecular formula is C14H19FN2O. The molecule has 1 aliphatic heterocycles. The Kier molecular flexibility index (Phi) is 3.66. The van der Waals surface area contributed by atoms with Crippen LogP contribution in [0.3, 0.4) is 0 Å². The number of nitrogens with one attached hydrogen (secondary N) is 2. The maximum atomic E-state index is 13.2. The first-order valence-electron chi connectivity index (χ1n) is 6.29. The largest absolute Gasteiger partial charge is 0.350 e. The molecule has 1 saturated heterocycles. The summed E-state index contributed by atoms with van der Waals surface area (Å²) in [5.41, 5.74) is 1.11. The van der Waals surface area contributed by atoms with Gasteiger partial charge in [-0.2, -0.15) is 0 Å². The van der Waals surface area contributed by atoms with E-state index in [0.29, 0.717) is 12.1 Å². The number of amides is 1. The van der Waals surface area contributed by atoms with Gasteiger partial charge in [-0.05, 0) is 57.0 Å². The highest BCUT2D eigenvalue weighted by Gasteiger charge is 2.28. The van der Waals surface area contributed by atoms with Gasteiger partial charge in [-0.3, -0.25) is 4.79 Å². The molecule has 4 heteroatoms. The Labute approximate surface area is 107 Å². The molecule has 1 aromatic carbocycles. The smallest absolute Gasteiger partial charge is 0.251 e. The normalized spacial score (nSPS) is 23.1. The Morgan fingerprint density at radius 3 is 2.89 bits per heavy atom. The van der Waals surface area contributed by atoms with Gasteiger partial charge in [-0.1, -0.05) is 0 Å². The summed E-state index contributed by atoms with van der Waals surface area (Å²) in [5.74, 6) is -0.585. The maximum Gasteiger partial charge on any atom is 0.251 e. The summed E-state index contributed by atoms with van der Waals surface area (Å²) in [7, 11) is 0. The Balaban J connectivity index is 1.99. The number of halogens is 1. The third-order valence-corrected chi connectivity index (χ3v) is 3.40. The summed E-state index contributed by atoms with van der Waals surface area (Å²) in [6, 6.07) is 4.38. The van der Waals surface area contributed by atoms with Gasteiger partial charge in [0.2, 0.25) is 0 Å². The molecule has 1 aliphatic rings. The van der Waals surface area contributed by atoms with E-state index in [9.17, 15) is 9.18 Å². The Morgan fingerprint density at radius 2 is 2.28 bits per heavy atom. The van der Waals surface area contributed by atoms with E-state index in [0.717, 1.165) is 24.9 Å². The Bertz CT molecular complexity index is 433. The van der Waals surface area contributed by atoms with E-state index in [1.807, 2.05) is 0 Å². The molecule has 0 radical (unpaired) electrons. The van der Waals surface area contributed by atoms with Crippen LogP contribution in [0.4, 0.5) is 4.39 Å². The van der Waals surface area contributed by atoms with Gasteiger partial charge in [0.25, 0.3) is 5.91 Å². The molecule has 0 aromatic heterocycles. The number of hydrogen-bond donors (Lipinski definition) is 2. The fourth-order valence-corrected chi connectivity index (χ4v) is 2.35. The van der Waals surface area contributed by atoms with E-state index in [2.05, 4.69) is 17.6 Å². The monoisotopic (exact) mass is 250 g/mol. The van der Waals surface area contributed by atoms with Gasteiger partial charge in [0.15, 0.2) is 0 Å². The zero-order valence-corrected chi connectivity index (χ0v) is 10.8. The second kappa shape index (κ2) is 5.06. The van der Waals surface area contributed by atoms with Crippen molar-refractivity contribution in [3.63, 3.8) is 0 Å². The summed E-state index contributed by atoms with van der Waals surface area (Å²) in [6.45, 7) is 5.43. The fraction of sp³-hybridized carbons (Fsp3) is 0.500. The molecule has 0 aliphatic carbocycles. The van der Waals surface area contributed by atoms with Crippen molar-refractivity contribution < 1.29 is 9.18 Å². The highest BCUT2D eigenvalue weighted by molar-refractivity contribution is 5.94. The second-order valence-corrected chi connectivity index (χ2v) is 5.29. The van der Waals surface area contributed by atoms with Crippen LogP contribution in [0.25, 0.3) is 0 Å². The van der Waals surface area contributed by atoms with Gasteiger partial charge in [0.1, 0.15) is 5.82 Å². The number of benzene rings is 1. The molecule has 1 aromatic rings. The van der Waals surface area contributed by atoms with Crippen LogP contribution < -0.4 is 10.6 Å². The van der Waals surface area contributed by atoms with Crippen LogP contribution in [0.2, 0.25) is 0 Å². The predicted molar refractivity (Wildman–Crippen MR) is 69.1 cm³/mol. The summed E-state index contributed by atoms with van der Waals surface area (Å²) in [6.07, 6.45) is 2.18. The average molecular weight is 250 g/mol. The van der Waals surface area contributed by atoms with Crippen LogP contribution >= 0.6 is 0 Å². The molecule has 1 fully saturated rings. The lowest BCUT2D eigenvalue weighted by Gasteiger charge is -2.24. The molecule has 1 atom stereocenters. The molecule has 2 rings (SSSR count). The van der Waals surface area contributed by atoms with Crippen molar-refractivity contribution in [2.24, 2.45) is 0 Å². The van der Waals surface area contributed by atoms with Crippen molar-refractivity contribution in [3.05, 3.63) is 35.1 Å². The molecule has 0 saturated carbocycles. The number of carbonyl (C=O) groups excluding carboxylic acids is 1. The lowest BCUT2D eigenvalue weighted by molar-refractivity contribution is 0.0942. The van der Waals surface area contributed by atoms with Crippen molar-refractivity contribution in [1.82, 2.24) is 10.6 Å². The third kappa shape index (κ3) is 3.07. The third-order valence-electron chi connectivity index (χ3n) is 3.40. The Morgan fingerprint density at radius 1 is 1.50 bits per heavy atom. The van der Waals surface area contributed by atoms with E-state index in [1.165, 1.54) is 12.1 Å². The summed E-state index contributed by atoms with van der Waals surface area (Å²) in [5, 5.41) is 6.24. The standard InChI is InChI=1S/C14H19FN2O/c1-10-6-11(8-12(15)7-10)13(18)16-9-14(2)4-3-5-17-14/h6-8,17H,3-5,9H2,1-2H3,(H,16,18). The fourth-order valence-electron chi connectivity index (χ4n) is 2.35. The molecule has 3 nitrogen and oxygen atoms in total. The SMILES string of the molecule is Cc1cc(F)cc(C(=O)NCC2(C)CCCN2)c1. The number of rotatable bonds is 3. The molecule has 0 spiro atoms. The zero-order valence-electron chi connectivity index (χ0n) is 10.8. The van der Waals surface area contributed by atoms with Gasteiger partial charge in [-0.25, -0.2) is 4.39 Å². The molecule has 2 N–H and O–H groups in total. The first-order valence-corrected chi connectivity index (χ1v) is 6.29. The van der Waals surface area contributed by atoms with Gasteiger partial charge < -0.3 is 10.6 Å². The Hall–Kier alpha value is -1.42. The molecular weight excluding hydrogens is 231 g/mol. The number of aryl methyl sites for hydroxylation is 1. The molecule has 1 heterocycles. The minimum absolute atomic E-state index is 0.0297. The maximum absolute atomic E-state index is 13.2. The van der Waals surface area contributed by atoms with Crippen LogP contribution in [-0.4, -0.2) is 24.5 Å². The average Bonchev–Trinajstić information content (AvgIpc) is 2.72. The van der Waals surface area contributed by atoms with Crippen LogP contribution in [0, 0.1) is 12.7 Å². The van der Waals surface area contributed by atoms with Gasteiger partial charge in [-0.15, -0.1) is 0 Å². The topological polar surface area (TPSA) is 41.1 Å². The summed E-state index contributed by atoms with van der Waals surface area (Å²) >= 11 is 0. The van der Waals surface area contributed by atoms with Crippen LogP contribution in [0.15, 0.2) is 18.2 Å². The van der Waals surface area contributed by atoms with Crippen LogP contribution in [0.5, 0.6) is 0 Å². The second-order valence-electron chi connectivity index (χ2n) is 5.29. The molecule has 1 unspecified atom stereocenters. The minimum Gasteiger partial charge on any atom is -0.350 e.